The van der Waals surface area contributed by atoms with E-state index in [2.05, 4.69) is 10.3 Å². The van der Waals surface area contributed by atoms with Crippen molar-refractivity contribution in [1.29, 1.82) is 0 Å². The summed E-state index contributed by atoms with van der Waals surface area (Å²) in [6, 6.07) is 13.6. The van der Waals surface area contributed by atoms with Gasteiger partial charge in [-0.05, 0) is 30.4 Å². The van der Waals surface area contributed by atoms with Crippen molar-refractivity contribution in [3.63, 3.8) is 0 Å². The monoisotopic (exact) mass is 286 g/mol. The average molecular weight is 286 g/mol. The first kappa shape index (κ1) is 14.6. The highest BCUT2D eigenvalue weighted by Crippen LogP contribution is 2.22. The molecule has 2 aromatic rings. The molecule has 0 saturated carbocycles. The Labute approximate surface area is 123 Å². The van der Waals surface area contributed by atoms with Gasteiger partial charge in [-0.25, -0.2) is 4.98 Å². The van der Waals surface area contributed by atoms with Crippen LogP contribution in [-0.2, 0) is 4.79 Å². The third kappa shape index (κ3) is 3.61. The normalized spacial score (nSPS) is 11.9. The van der Waals surface area contributed by atoms with Crippen molar-refractivity contribution in [2.75, 3.05) is 11.6 Å². The lowest BCUT2D eigenvalue weighted by Crippen LogP contribution is -2.20. The summed E-state index contributed by atoms with van der Waals surface area (Å²) in [5.74, 6) is -0.117. The van der Waals surface area contributed by atoms with Gasteiger partial charge in [0.25, 0.3) is 0 Å². The molecule has 0 aliphatic heterocycles. The first-order valence-electron chi connectivity index (χ1n) is 6.60. The average Bonchev–Trinajstić information content (AvgIpc) is 2.50. The largest absolute Gasteiger partial charge is 0.324 e. The maximum atomic E-state index is 12.4. The number of amides is 1. The quantitative estimate of drug-likeness (QED) is 0.847. The molecule has 0 aliphatic rings. The van der Waals surface area contributed by atoms with Crippen molar-refractivity contribution in [1.82, 2.24) is 4.98 Å². The number of hydrogen-bond acceptors (Lipinski definition) is 3. The number of benzene rings is 1. The van der Waals surface area contributed by atoms with E-state index in [1.165, 1.54) is 0 Å². The molecule has 0 aliphatic carbocycles. The fraction of sp³-hybridized carbons (Fsp3) is 0.250. The summed E-state index contributed by atoms with van der Waals surface area (Å²) in [5, 5.41) is 3.87. The third-order valence-electron chi connectivity index (χ3n) is 3.14. The van der Waals surface area contributed by atoms with E-state index < -0.39 is 0 Å². The van der Waals surface area contributed by atoms with Crippen LogP contribution in [0.25, 0.3) is 0 Å². The van der Waals surface area contributed by atoms with Crippen molar-refractivity contribution in [2.45, 2.75) is 24.3 Å². The molecule has 1 heterocycles. The summed E-state index contributed by atoms with van der Waals surface area (Å²) in [6.45, 7) is 2.02. The van der Waals surface area contributed by atoms with Gasteiger partial charge in [0.2, 0.25) is 5.91 Å². The highest BCUT2D eigenvalue weighted by atomic mass is 32.2. The molecule has 1 aromatic heterocycles. The Morgan fingerprint density at radius 3 is 2.55 bits per heavy atom. The van der Waals surface area contributed by atoms with Gasteiger partial charge >= 0.3 is 0 Å². The fourth-order valence-corrected chi connectivity index (χ4v) is 2.42. The van der Waals surface area contributed by atoms with Crippen molar-refractivity contribution in [3.05, 3.63) is 54.2 Å². The number of rotatable bonds is 5. The van der Waals surface area contributed by atoms with Crippen LogP contribution in [0.3, 0.4) is 0 Å². The molecule has 4 heteroatoms. The van der Waals surface area contributed by atoms with E-state index >= 15 is 0 Å². The Hall–Kier alpha value is -1.81. The van der Waals surface area contributed by atoms with E-state index in [9.17, 15) is 4.79 Å². The van der Waals surface area contributed by atoms with Crippen LogP contribution in [0.15, 0.2) is 53.7 Å². The molecular formula is C16H18N2OS. The lowest BCUT2D eigenvalue weighted by molar-refractivity contribution is -0.117. The van der Waals surface area contributed by atoms with E-state index in [1.807, 2.05) is 55.6 Å². The minimum absolute atomic E-state index is 0.0115. The van der Waals surface area contributed by atoms with Crippen molar-refractivity contribution >= 4 is 23.4 Å². The molecule has 0 fully saturated rings. The second-order valence-electron chi connectivity index (χ2n) is 4.45. The van der Waals surface area contributed by atoms with Crippen molar-refractivity contribution in [2.24, 2.45) is 0 Å². The number of nitrogens with zero attached hydrogens (tertiary/aromatic N) is 1. The lowest BCUT2D eigenvalue weighted by atomic mass is 9.95. The first-order valence-corrected chi connectivity index (χ1v) is 7.83. The summed E-state index contributed by atoms with van der Waals surface area (Å²) in [4.78, 5) is 16.6. The number of aromatic nitrogens is 1. The molecule has 20 heavy (non-hydrogen) atoms. The Kier molecular flexibility index (Phi) is 5.18. The predicted molar refractivity (Wildman–Crippen MR) is 84.1 cm³/mol. The number of anilines is 1. The van der Waals surface area contributed by atoms with E-state index in [0.29, 0.717) is 0 Å². The predicted octanol–water partition coefficient (Wildman–Crippen LogP) is 3.94. The maximum Gasteiger partial charge on any atom is 0.231 e. The highest BCUT2D eigenvalue weighted by Gasteiger charge is 2.18. The highest BCUT2D eigenvalue weighted by molar-refractivity contribution is 7.98. The number of pyridine rings is 1. The van der Waals surface area contributed by atoms with Crippen molar-refractivity contribution < 1.29 is 4.79 Å². The Balaban J connectivity index is 2.09. The summed E-state index contributed by atoms with van der Waals surface area (Å²) in [6.07, 6.45) is 4.44. The second kappa shape index (κ2) is 7.10. The van der Waals surface area contributed by atoms with E-state index in [-0.39, 0.29) is 11.8 Å². The van der Waals surface area contributed by atoms with Gasteiger partial charge in [-0.15, -0.1) is 11.8 Å². The zero-order chi connectivity index (χ0) is 14.4. The van der Waals surface area contributed by atoms with Gasteiger partial charge in [-0.1, -0.05) is 37.3 Å². The molecule has 1 N–H and O–H groups in total. The SMILES string of the molecule is CC[C@H](C(=O)Nc1ccc(SC)nc1)c1ccccc1. The maximum absolute atomic E-state index is 12.4. The molecule has 104 valence electrons. The van der Waals surface area contributed by atoms with Gasteiger partial charge < -0.3 is 5.32 Å². The first-order chi connectivity index (χ1) is 9.74. The number of thioether (sulfide) groups is 1. The van der Waals surface area contributed by atoms with E-state index in [0.717, 1.165) is 22.7 Å². The standard InChI is InChI=1S/C16H18N2OS/c1-3-14(12-7-5-4-6-8-12)16(19)18-13-9-10-15(20-2)17-11-13/h4-11,14H,3H2,1-2H3,(H,18,19)/t14-/m0/s1. The molecule has 0 radical (unpaired) electrons. The van der Waals surface area contributed by atoms with E-state index in [4.69, 9.17) is 0 Å². The molecule has 0 unspecified atom stereocenters. The summed E-state index contributed by atoms with van der Waals surface area (Å²) in [7, 11) is 0. The van der Waals surface area contributed by atoms with Crippen LogP contribution in [-0.4, -0.2) is 17.1 Å². The van der Waals surface area contributed by atoms with Crippen LogP contribution in [0.5, 0.6) is 0 Å². The number of hydrogen-bond donors (Lipinski definition) is 1. The molecule has 0 saturated heterocycles. The van der Waals surface area contributed by atoms with Crippen LogP contribution in [0.1, 0.15) is 24.8 Å². The van der Waals surface area contributed by atoms with Gasteiger partial charge in [0.15, 0.2) is 0 Å². The van der Waals surface area contributed by atoms with Crippen LogP contribution in [0.2, 0.25) is 0 Å². The number of nitrogens with one attached hydrogen (secondary N) is 1. The second-order valence-corrected chi connectivity index (χ2v) is 5.28. The number of carbonyl (C=O) groups is 1. The fourth-order valence-electron chi connectivity index (χ4n) is 2.06. The van der Waals surface area contributed by atoms with Crippen LogP contribution >= 0.6 is 11.8 Å². The van der Waals surface area contributed by atoms with Gasteiger partial charge in [0, 0.05) is 0 Å². The zero-order valence-electron chi connectivity index (χ0n) is 11.7. The van der Waals surface area contributed by atoms with Crippen LogP contribution in [0.4, 0.5) is 5.69 Å². The molecule has 0 spiro atoms. The van der Waals surface area contributed by atoms with Crippen LogP contribution in [0, 0.1) is 0 Å². The molecule has 2 rings (SSSR count). The Morgan fingerprint density at radius 2 is 2.00 bits per heavy atom. The Morgan fingerprint density at radius 1 is 1.25 bits per heavy atom. The molecule has 3 nitrogen and oxygen atoms in total. The summed E-state index contributed by atoms with van der Waals surface area (Å²) < 4.78 is 0. The summed E-state index contributed by atoms with van der Waals surface area (Å²) >= 11 is 1.58. The lowest BCUT2D eigenvalue weighted by Gasteiger charge is -2.15. The molecule has 1 amide bonds. The molecule has 1 atom stereocenters. The molecule has 0 bridgehead atoms. The smallest absolute Gasteiger partial charge is 0.231 e. The van der Waals surface area contributed by atoms with Gasteiger partial charge in [-0.3, -0.25) is 4.79 Å². The number of carbonyl (C=O) groups excluding carboxylic acids is 1. The molecular weight excluding hydrogens is 268 g/mol. The van der Waals surface area contributed by atoms with Gasteiger partial charge in [0.1, 0.15) is 0 Å². The zero-order valence-corrected chi connectivity index (χ0v) is 12.5. The molecule has 1 aromatic carbocycles. The van der Waals surface area contributed by atoms with Gasteiger partial charge in [0.05, 0.1) is 22.8 Å². The third-order valence-corrected chi connectivity index (χ3v) is 3.80. The minimum Gasteiger partial charge on any atom is -0.324 e. The van der Waals surface area contributed by atoms with Crippen LogP contribution < -0.4 is 5.32 Å². The van der Waals surface area contributed by atoms with Gasteiger partial charge in [-0.2, -0.15) is 0 Å². The van der Waals surface area contributed by atoms with Crippen molar-refractivity contribution in [3.8, 4) is 0 Å². The van der Waals surface area contributed by atoms with E-state index in [1.54, 1.807) is 18.0 Å². The Bertz CT molecular complexity index is 554. The summed E-state index contributed by atoms with van der Waals surface area (Å²) in [5.41, 5.74) is 1.78. The minimum atomic E-state index is -0.128. The topological polar surface area (TPSA) is 42.0 Å².